The van der Waals surface area contributed by atoms with Gasteiger partial charge in [-0.05, 0) is 69.7 Å². The lowest BCUT2D eigenvalue weighted by Gasteiger charge is -2.45. The smallest absolute Gasteiger partial charge is 0.411 e. The van der Waals surface area contributed by atoms with Gasteiger partial charge in [0.1, 0.15) is 11.4 Å². The third kappa shape index (κ3) is 3.57. The lowest BCUT2D eigenvalue weighted by molar-refractivity contribution is 0.0000863. The molecule has 2 atom stereocenters. The summed E-state index contributed by atoms with van der Waals surface area (Å²) in [6, 6.07) is 6.88. The van der Waals surface area contributed by atoms with Crippen LogP contribution in [0.4, 0.5) is 9.18 Å². The summed E-state index contributed by atoms with van der Waals surface area (Å²) >= 11 is 0. The van der Waals surface area contributed by atoms with Crippen molar-refractivity contribution in [3.8, 4) is 0 Å². The number of carbonyl (C=O) groups excluding carboxylic acids is 1. The first-order valence-corrected chi connectivity index (χ1v) is 8.31. The Morgan fingerprint density at radius 2 is 1.91 bits per heavy atom. The number of piperidine rings is 1. The highest BCUT2D eigenvalue weighted by atomic mass is 19.1. The molecule has 3 nitrogen and oxygen atoms in total. The van der Waals surface area contributed by atoms with E-state index < -0.39 is 5.60 Å². The first-order valence-electron chi connectivity index (χ1n) is 8.31. The number of nitrogens with zero attached hydrogens (tertiary/aromatic N) is 1. The Balaban J connectivity index is 1.84. The lowest BCUT2D eigenvalue weighted by Crippen LogP contribution is -2.53. The molecule has 1 aromatic rings. The van der Waals surface area contributed by atoms with Gasteiger partial charge in [0.2, 0.25) is 0 Å². The molecule has 0 spiro atoms. The van der Waals surface area contributed by atoms with Crippen LogP contribution in [0, 0.1) is 5.82 Å². The molecular formula is C19H24FNO2. The standard InChI is InChI=1S/C19H24FNO2/c1-19(2,3)23-18(22)21-16-5-4-6-17(21)12-14(11-16)13-7-9-15(20)10-8-13/h7-11,16-17H,4-6,12H2,1-3H3. The van der Waals surface area contributed by atoms with Crippen LogP contribution in [0.3, 0.4) is 0 Å². The van der Waals surface area contributed by atoms with Crippen molar-refractivity contribution >= 4 is 11.7 Å². The Morgan fingerprint density at radius 1 is 1.22 bits per heavy atom. The Hall–Kier alpha value is -1.84. The molecule has 1 aromatic carbocycles. The fourth-order valence-corrected chi connectivity index (χ4v) is 3.51. The van der Waals surface area contributed by atoms with Gasteiger partial charge in [-0.1, -0.05) is 18.2 Å². The predicted octanol–water partition coefficient (Wildman–Crippen LogP) is 4.77. The molecule has 0 radical (unpaired) electrons. The Labute approximate surface area is 137 Å². The van der Waals surface area contributed by atoms with Crippen LogP contribution in [0.1, 0.15) is 52.0 Å². The molecule has 2 heterocycles. The molecule has 1 saturated heterocycles. The summed E-state index contributed by atoms with van der Waals surface area (Å²) in [4.78, 5) is 14.4. The average Bonchev–Trinajstić information content (AvgIpc) is 2.44. The number of rotatable bonds is 1. The van der Waals surface area contributed by atoms with Gasteiger partial charge in [0.25, 0.3) is 0 Å². The van der Waals surface area contributed by atoms with Crippen molar-refractivity contribution in [3.63, 3.8) is 0 Å². The molecule has 23 heavy (non-hydrogen) atoms. The molecule has 4 heteroatoms. The van der Waals surface area contributed by atoms with E-state index in [0.29, 0.717) is 0 Å². The number of halogens is 1. The van der Waals surface area contributed by atoms with E-state index in [9.17, 15) is 9.18 Å². The van der Waals surface area contributed by atoms with Crippen molar-refractivity contribution in [3.05, 3.63) is 41.7 Å². The van der Waals surface area contributed by atoms with E-state index in [4.69, 9.17) is 4.74 Å². The van der Waals surface area contributed by atoms with Gasteiger partial charge in [-0.25, -0.2) is 9.18 Å². The SMILES string of the molecule is CC(C)(C)OC(=O)N1C2C=C(c3ccc(F)cc3)CC1CCC2. The van der Waals surface area contributed by atoms with Crippen molar-refractivity contribution in [2.75, 3.05) is 0 Å². The molecule has 2 aliphatic rings. The molecule has 1 amide bonds. The number of carbonyl (C=O) groups is 1. The van der Waals surface area contributed by atoms with Gasteiger partial charge in [-0.2, -0.15) is 0 Å². The molecular weight excluding hydrogens is 293 g/mol. The minimum absolute atomic E-state index is 0.0809. The van der Waals surface area contributed by atoms with Gasteiger partial charge in [-0.3, -0.25) is 4.90 Å². The van der Waals surface area contributed by atoms with Crippen LogP contribution >= 0.6 is 0 Å². The fraction of sp³-hybridized carbons (Fsp3) is 0.526. The summed E-state index contributed by atoms with van der Waals surface area (Å²) in [5.74, 6) is -0.222. The molecule has 2 unspecified atom stereocenters. The zero-order chi connectivity index (χ0) is 16.6. The summed E-state index contributed by atoms with van der Waals surface area (Å²) in [5, 5.41) is 0. The average molecular weight is 317 g/mol. The maximum Gasteiger partial charge on any atom is 0.411 e. The van der Waals surface area contributed by atoms with Gasteiger partial charge in [-0.15, -0.1) is 0 Å². The molecule has 1 fully saturated rings. The van der Waals surface area contributed by atoms with Gasteiger partial charge in [0, 0.05) is 6.04 Å². The number of fused-ring (bicyclic) bond motifs is 2. The van der Waals surface area contributed by atoms with E-state index in [-0.39, 0.29) is 24.0 Å². The molecule has 2 bridgehead atoms. The zero-order valence-corrected chi connectivity index (χ0v) is 14.0. The molecule has 2 aliphatic heterocycles. The number of amides is 1. The maximum atomic E-state index is 13.1. The molecule has 124 valence electrons. The second kappa shape index (κ2) is 5.99. The third-order valence-electron chi connectivity index (χ3n) is 4.46. The first kappa shape index (κ1) is 16.0. The summed E-state index contributed by atoms with van der Waals surface area (Å²) in [5.41, 5.74) is 1.78. The maximum absolute atomic E-state index is 13.1. The van der Waals surface area contributed by atoms with Crippen molar-refractivity contribution in [2.24, 2.45) is 0 Å². The molecule has 0 saturated carbocycles. The largest absolute Gasteiger partial charge is 0.444 e. The number of hydrogen-bond donors (Lipinski definition) is 0. The van der Waals surface area contributed by atoms with Crippen molar-refractivity contribution in [1.82, 2.24) is 4.90 Å². The highest BCUT2D eigenvalue weighted by Gasteiger charge is 2.39. The zero-order valence-electron chi connectivity index (χ0n) is 14.0. The van der Waals surface area contributed by atoms with Crippen LogP contribution in [0.2, 0.25) is 0 Å². The van der Waals surface area contributed by atoms with E-state index in [2.05, 4.69) is 6.08 Å². The van der Waals surface area contributed by atoms with Gasteiger partial charge >= 0.3 is 6.09 Å². The highest BCUT2D eigenvalue weighted by Crippen LogP contribution is 2.37. The van der Waals surface area contributed by atoms with Gasteiger partial charge < -0.3 is 4.74 Å². The normalized spacial score (nSPS) is 24.2. The minimum Gasteiger partial charge on any atom is -0.444 e. The summed E-state index contributed by atoms with van der Waals surface area (Å²) in [6.45, 7) is 5.68. The van der Waals surface area contributed by atoms with E-state index >= 15 is 0 Å². The van der Waals surface area contributed by atoms with Crippen molar-refractivity contribution < 1.29 is 13.9 Å². The Kier molecular flexibility index (Phi) is 4.17. The van der Waals surface area contributed by atoms with Crippen LogP contribution in [-0.2, 0) is 4.74 Å². The highest BCUT2D eigenvalue weighted by molar-refractivity contribution is 5.74. The van der Waals surface area contributed by atoms with E-state index in [1.807, 2.05) is 37.8 Å². The number of ether oxygens (including phenoxy) is 1. The molecule has 0 aromatic heterocycles. The van der Waals surface area contributed by atoms with Gasteiger partial charge in [0.05, 0.1) is 6.04 Å². The number of benzene rings is 1. The minimum atomic E-state index is -0.480. The molecule has 0 N–H and O–H groups in total. The van der Waals surface area contributed by atoms with Crippen LogP contribution in [0.15, 0.2) is 30.3 Å². The topological polar surface area (TPSA) is 29.5 Å². The van der Waals surface area contributed by atoms with Crippen LogP contribution in [0.25, 0.3) is 5.57 Å². The quantitative estimate of drug-likeness (QED) is 0.746. The Morgan fingerprint density at radius 3 is 2.52 bits per heavy atom. The third-order valence-corrected chi connectivity index (χ3v) is 4.46. The monoisotopic (exact) mass is 317 g/mol. The van der Waals surface area contributed by atoms with Crippen LogP contribution in [0.5, 0.6) is 0 Å². The predicted molar refractivity (Wildman–Crippen MR) is 88.5 cm³/mol. The van der Waals surface area contributed by atoms with E-state index in [0.717, 1.165) is 31.2 Å². The summed E-state index contributed by atoms with van der Waals surface area (Å²) < 4.78 is 18.7. The second-order valence-electron chi connectivity index (χ2n) is 7.44. The molecule has 3 rings (SSSR count). The van der Waals surface area contributed by atoms with Crippen LogP contribution in [-0.4, -0.2) is 28.7 Å². The molecule has 0 aliphatic carbocycles. The summed E-state index contributed by atoms with van der Waals surface area (Å²) in [6.07, 6.45) is 5.83. The fourth-order valence-electron chi connectivity index (χ4n) is 3.51. The van der Waals surface area contributed by atoms with E-state index in [1.165, 1.54) is 17.7 Å². The van der Waals surface area contributed by atoms with Crippen LogP contribution < -0.4 is 0 Å². The Bertz CT molecular complexity index is 615. The number of hydrogen-bond acceptors (Lipinski definition) is 2. The van der Waals surface area contributed by atoms with Crippen molar-refractivity contribution in [1.29, 1.82) is 0 Å². The van der Waals surface area contributed by atoms with E-state index in [1.54, 1.807) is 0 Å². The first-order chi connectivity index (χ1) is 10.8. The summed E-state index contributed by atoms with van der Waals surface area (Å²) in [7, 11) is 0. The van der Waals surface area contributed by atoms with Crippen molar-refractivity contribution in [2.45, 2.75) is 64.1 Å². The second-order valence-corrected chi connectivity index (χ2v) is 7.44. The lowest BCUT2D eigenvalue weighted by atomic mass is 9.83. The van der Waals surface area contributed by atoms with Gasteiger partial charge in [0.15, 0.2) is 0 Å².